The molecule has 7 nitrogen and oxygen atoms in total. The van der Waals surface area contributed by atoms with Gasteiger partial charge in [0.05, 0.1) is 11.9 Å². The van der Waals surface area contributed by atoms with E-state index in [1.807, 2.05) is 64.1 Å². The highest BCUT2D eigenvalue weighted by molar-refractivity contribution is 7.92. The summed E-state index contributed by atoms with van der Waals surface area (Å²) in [7, 11) is -3.77. The molecule has 0 aliphatic heterocycles. The molecule has 4 fully saturated rings. The first-order valence-electron chi connectivity index (χ1n) is 16.1. The van der Waals surface area contributed by atoms with Crippen molar-refractivity contribution >= 4 is 27.5 Å². The molecule has 0 radical (unpaired) electrons. The Hall–Kier alpha value is -2.87. The van der Waals surface area contributed by atoms with E-state index in [1.165, 1.54) is 48.4 Å². The number of anilines is 1. The third kappa shape index (κ3) is 6.95. The van der Waals surface area contributed by atoms with Crippen LogP contribution in [-0.4, -0.2) is 50.0 Å². The van der Waals surface area contributed by atoms with Crippen LogP contribution >= 0.6 is 0 Å². The van der Waals surface area contributed by atoms with Gasteiger partial charge in [0.2, 0.25) is 21.8 Å². The van der Waals surface area contributed by atoms with Gasteiger partial charge in [-0.2, -0.15) is 0 Å². The van der Waals surface area contributed by atoms with Crippen molar-refractivity contribution in [1.82, 2.24) is 10.2 Å². The first-order valence-corrected chi connectivity index (χ1v) is 18.0. The Morgan fingerprint density at radius 3 is 1.95 bits per heavy atom. The van der Waals surface area contributed by atoms with Crippen LogP contribution in [0, 0.1) is 24.7 Å². The fourth-order valence-corrected chi connectivity index (χ4v) is 9.16. The van der Waals surface area contributed by atoms with Crippen LogP contribution in [0.25, 0.3) is 0 Å². The van der Waals surface area contributed by atoms with E-state index < -0.39 is 22.0 Å². The Morgan fingerprint density at radius 1 is 0.907 bits per heavy atom. The number of hydrogen-bond acceptors (Lipinski definition) is 4. The van der Waals surface area contributed by atoms with Crippen molar-refractivity contribution in [2.75, 3.05) is 17.1 Å². The van der Waals surface area contributed by atoms with Crippen molar-refractivity contribution in [1.29, 1.82) is 0 Å². The Labute approximate surface area is 258 Å². The molecule has 1 N–H and O–H groups in total. The van der Waals surface area contributed by atoms with Crippen LogP contribution in [-0.2, 0) is 31.6 Å². The highest BCUT2D eigenvalue weighted by Crippen LogP contribution is 2.60. The SMILES string of the molecule is CC[C@@H](C)NC(=O)[C@H](CC)N(Cc1ccc(C)cc1)C(=O)CN(c1ccc(C23CC4CC(CC(C4)C2)C3)cc1)S(C)(=O)=O. The highest BCUT2D eigenvalue weighted by atomic mass is 32.2. The topological polar surface area (TPSA) is 86.8 Å². The average Bonchev–Trinajstić information content (AvgIpc) is 2.95. The van der Waals surface area contributed by atoms with Gasteiger partial charge >= 0.3 is 0 Å². The normalized spacial score (nSPS) is 25.7. The fourth-order valence-electron chi connectivity index (χ4n) is 8.31. The molecule has 2 atom stereocenters. The Morgan fingerprint density at radius 2 is 1.47 bits per heavy atom. The van der Waals surface area contributed by atoms with Crippen molar-refractivity contribution in [3.8, 4) is 0 Å². The monoisotopic (exact) mass is 607 g/mol. The molecule has 0 unspecified atom stereocenters. The predicted octanol–water partition coefficient (Wildman–Crippen LogP) is 5.95. The lowest BCUT2D eigenvalue weighted by Crippen LogP contribution is -2.53. The van der Waals surface area contributed by atoms with E-state index >= 15 is 0 Å². The maximum Gasteiger partial charge on any atom is 0.244 e. The molecule has 0 spiro atoms. The van der Waals surface area contributed by atoms with Gasteiger partial charge in [-0.05, 0) is 112 Å². The minimum atomic E-state index is -3.77. The van der Waals surface area contributed by atoms with Crippen molar-refractivity contribution in [3.63, 3.8) is 0 Å². The van der Waals surface area contributed by atoms with Gasteiger partial charge < -0.3 is 10.2 Å². The number of hydrogen-bond donors (Lipinski definition) is 1. The van der Waals surface area contributed by atoms with Crippen LogP contribution in [0.5, 0.6) is 0 Å². The van der Waals surface area contributed by atoms with Crippen molar-refractivity contribution < 1.29 is 18.0 Å². The van der Waals surface area contributed by atoms with E-state index in [-0.39, 0.29) is 30.5 Å². The summed E-state index contributed by atoms with van der Waals surface area (Å²) in [5.41, 5.74) is 3.99. The number of amides is 2. The highest BCUT2D eigenvalue weighted by Gasteiger charge is 2.51. The van der Waals surface area contributed by atoms with Crippen molar-refractivity contribution in [2.24, 2.45) is 17.8 Å². The number of aryl methyl sites for hydroxylation is 1. The van der Waals surface area contributed by atoms with E-state index in [9.17, 15) is 18.0 Å². The van der Waals surface area contributed by atoms with Crippen molar-refractivity contribution in [2.45, 2.75) is 103 Å². The second-order valence-corrected chi connectivity index (χ2v) is 15.7. The molecule has 6 rings (SSSR count). The van der Waals surface area contributed by atoms with Crippen molar-refractivity contribution in [3.05, 3.63) is 65.2 Å². The molecule has 8 heteroatoms. The standard InChI is InChI=1S/C35H49N3O4S/c1-6-25(4)36-34(40)32(7-2)37(22-26-10-8-24(3)9-11-26)33(39)23-38(43(5,41)42)31-14-12-30(13-15-31)35-19-27-16-28(20-35)18-29(17-27)21-35/h8-15,25,27-29,32H,6-7,16-23H2,1-5H3,(H,36,40)/t25-,27?,28?,29?,32+,35?/m1/s1. The van der Waals surface area contributed by atoms with Crippen LogP contribution in [0.1, 0.15) is 88.8 Å². The molecule has 0 aromatic heterocycles. The Bertz CT molecular complexity index is 1370. The first kappa shape index (κ1) is 31.6. The summed E-state index contributed by atoms with van der Waals surface area (Å²) in [5.74, 6) is 1.84. The molecule has 4 saturated carbocycles. The molecule has 4 aliphatic rings. The number of benzene rings is 2. The Balaban J connectivity index is 1.40. The lowest BCUT2D eigenvalue weighted by atomic mass is 9.48. The molecule has 43 heavy (non-hydrogen) atoms. The van der Waals surface area contributed by atoms with Crippen LogP contribution in [0.2, 0.25) is 0 Å². The van der Waals surface area contributed by atoms with Gasteiger partial charge in [-0.3, -0.25) is 13.9 Å². The van der Waals surface area contributed by atoms with Crippen LogP contribution in [0.4, 0.5) is 5.69 Å². The van der Waals surface area contributed by atoms with Crippen LogP contribution in [0.3, 0.4) is 0 Å². The number of nitrogens with zero attached hydrogens (tertiary/aromatic N) is 2. The molecule has 234 valence electrons. The summed E-state index contributed by atoms with van der Waals surface area (Å²) in [6, 6.07) is 15.1. The molecule has 0 saturated heterocycles. The number of carbonyl (C=O) groups is 2. The maximum absolute atomic E-state index is 14.0. The third-order valence-electron chi connectivity index (χ3n) is 10.3. The van der Waals surface area contributed by atoms with Gasteiger partial charge in [0.15, 0.2) is 0 Å². The zero-order valence-corrected chi connectivity index (χ0v) is 27.3. The molecule has 4 aliphatic carbocycles. The second kappa shape index (κ2) is 12.6. The van der Waals surface area contributed by atoms with Gasteiger partial charge in [-0.1, -0.05) is 55.8 Å². The van der Waals surface area contributed by atoms with Crippen LogP contribution in [0.15, 0.2) is 48.5 Å². The fraction of sp³-hybridized carbons (Fsp3) is 0.600. The van der Waals surface area contributed by atoms with E-state index in [0.29, 0.717) is 12.1 Å². The van der Waals surface area contributed by atoms with Gasteiger partial charge in [0.1, 0.15) is 12.6 Å². The molecule has 2 amide bonds. The average molecular weight is 608 g/mol. The molecular weight excluding hydrogens is 558 g/mol. The van der Waals surface area contributed by atoms with Crippen LogP contribution < -0.4 is 9.62 Å². The minimum absolute atomic E-state index is 0.0297. The maximum atomic E-state index is 14.0. The van der Waals surface area contributed by atoms with Gasteiger partial charge in [-0.25, -0.2) is 8.42 Å². The molecule has 2 aromatic rings. The second-order valence-electron chi connectivity index (χ2n) is 13.8. The lowest BCUT2D eigenvalue weighted by Gasteiger charge is -2.57. The summed E-state index contributed by atoms with van der Waals surface area (Å²) in [5, 5.41) is 3.02. The number of carbonyl (C=O) groups excluding carboxylic acids is 2. The zero-order valence-electron chi connectivity index (χ0n) is 26.5. The van der Waals surface area contributed by atoms with E-state index in [2.05, 4.69) is 17.4 Å². The predicted molar refractivity (Wildman–Crippen MR) is 172 cm³/mol. The quantitative estimate of drug-likeness (QED) is 0.323. The summed E-state index contributed by atoms with van der Waals surface area (Å²) in [6.07, 6.45) is 10.1. The number of nitrogens with one attached hydrogen (secondary N) is 1. The third-order valence-corrected chi connectivity index (χ3v) is 11.5. The molecule has 0 heterocycles. The minimum Gasteiger partial charge on any atom is -0.352 e. The van der Waals surface area contributed by atoms with Gasteiger partial charge in [-0.15, -0.1) is 0 Å². The van der Waals surface area contributed by atoms with Gasteiger partial charge in [0.25, 0.3) is 0 Å². The van der Waals surface area contributed by atoms with Gasteiger partial charge in [0, 0.05) is 12.6 Å². The van der Waals surface area contributed by atoms with E-state index in [1.54, 1.807) is 4.90 Å². The molecule has 2 aromatic carbocycles. The zero-order chi connectivity index (χ0) is 30.9. The summed E-state index contributed by atoms with van der Waals surface area (Å²) >= 11 is 0. The van der Waals surface area contributed by atoms with E-state index in [0.717, 1.165) is 41.6 Å². The van der Waals surface area contributed by atoms with E-state index in [4.69, 9.17) is 0 Å². The lowest BCUT2D eigenvalue weighted by molar-refractivity contribution is -0.140. The molecular formula is C35H49N3O4S. The molecule has 4 bridgehead atoms. The first-order chi connectivity index (χ1) is 20.4. The summed E-state index contributed by atoms with van der Waals surface area (Å²) in [4.78, 5) is 28.9. The summed E-state index contributed by atoms with van der Waals surface area (Å²) in [6.45, 7) is 7.67. The number of rotatable bonds is 12. The number of sulfonamides is 1. The smallest absolute Gasteiger partial charge is 0.244 e. The Kier molecular flexibility index (Phi) is 9.26. The summed E-state index contributed by atoms with van der Waals surface area (Å²) < 4.78 is 27.4. The largest absolute Gasteiger partial charge is 0.352 e.